The van der Waals surface area contributed by atoms with E-state index < -0.39 is 5.92 Å². The van der Waals surface area contributed by atoms with Gasteiger partial charge in [0.15, 0.2) is 11.5 Å². The van der Waals surface area contributed by atoms with Gasteiger partial charge >= 0.3 is 0 Å². The summed E-state index contributed by atoms with van der Waals surface area (Å²) in [6.45, 7) is 0.820. The van der Waals surface area contributed by atoms with E-state index in [1.54, 1.807) is 74.9 Å². The van der Waals surface area contributed by atoms with Crippen molar-refractivity contribution in [1.82, 2.24) is 19.7 Å². The molecule has 38 heavy (non-hydrogen) atoms. The van der Waals surface area contributed by atoms with E-state index in [-0.39, 0.29) is 5.69 Å². The van der Waals surface area contributed by atoms with E-state index in [9.17, 15) is 8.78 Å². The van der Waals surface area contributed by atoms with Crippen LogP contribution in [0.3, 0.4) is 0 Å². The Morgan fingerprint density at radius 3 is 2.21 bits per heavy atom. The van der Waals surface area contributed by atoms with Crippen LogP contribution in [-0.2, 0) is 5.92 Å². The molecule has 0 N–H and O–H groups in total. The SMILES string of the molecule is COc1ccc(-n2nc(C(C)(F)F)cc2-c2cccc(Oc3ncnc4cc(OC)c(OC)cc34)c2)cc1. The summed E-state index contributed by atoms with van der Waals surface area (Å²) in [5, 5.41) is 4.83. The molecule has 5 aromatic rings. The van der Waals surface area contributed by atoms with Gasteiger partial charge in [0.05, 0.1) is 43.6 Å². The van der Waals surface area contributed by atoms with E-state index in [1.165, 1.54) is 24.2 Å². The van der Waals surface area contributed by atoms with Crippen molar-refractivity contribution >= 4 is 10.9 Å². The minimum absolute atomic E-state index is 0.303. The maximum atomic E-state index is 14.3. The lowest BCUT2D eigenvalue weighted by molar-refractivity contribution is 0.0124. The van der Waals surface area contributed by atoms with Gasteiger partial charge in [0, 0.05) is 18.6 Å². The molecule has 0 saturated heterocycles. The molecule has 0 radical (unpaired) electrons. The Bertz CT molecular complexity index is 1600. The fourth-order valence-electron chi connectivity index (χ4n) is 3.99. The number of aromatic nitrogens is 4. The predicted octanol–water partition coefficient (Wildman–Crippen LogP) is 6.41. The number of hydrogen-bond donors (Lipinski definition) is 0. The monoisotopic (exact) mass is 518 g/mol. The van der Waals surface area contributed by atoms with E-state index in [2.05, 4.69) is 15.1 Å². The second kappa shape index (κ2) is 9.97. The van der Waals surface area contributed by atoms with Crippen LogP contribution in [0.25, 0.3) is 27.8 Å². The van der Waals surface area contributed by atoms with Gasteiger partial charge in [-0.05, 0) is 48.5 Å². The van der Waals surface area contributed by atoms with Gasteiger partial charge in [0.2, 0.25) is 5.88 Å². The van der Waals surface area contributed by atoms with Crippen molar-refractivity contribution in [2.75, 3.05) is 21.3 Å². The van der Waals surface area contributed by atoms with Crippen LogP contribution in [0.4, 0.5) is 8.78 Å². The van der Waals surface area contributed by atoms with Gasteiger partial charge in [0.25, 0.3) is 5.92 Å². The second-order valence-corrected chi connectivity index (χ2v) is 8.45. The summed E-state index contributed by atoms with van der Waals surface area (Å²) in [6, 6.07) is 18.9. The largest absolute Gasteiger partial charge is 0.497 e. The highest BCUT2D eigenvalue weighted by Crippen LogP contribution is 2.37. The van der Waals surface area contributed by atoms with Crippen LogP contribution in [-0.4, -0.2) is 41.1 Å². The molecular formula is C28H24F2N4O4. The first-order chi connectivity index (χ1) is 18.3. The summed E-state index contributed by atoms with van der Waals surface area (Å²) < 4.78 is 52.1. The first kappa shape index (κ1) is 24.9. The lowest BCUT2D eigenvalue weighted by atomic mass is 10.1. The van der Waals surface area contributed by atoms with Gasteiger partial charge in [-0.2, -0.15) is 13.9 Å². The van der Waals surface area contributed by atoms with Crippen LogP contribution < -0.4 is 18.9 Å². The molecule has 0 bridgehead atoms. The smallest absolute Gasteiger partial charge is 0.288 e. The van der Waals surface area contributed by atoms with E-state index in [0.29, 0.717) is 56.7 Å². The van der Waals surface area contributed by atoms with Crippen molar-refractivity contribution < 1.29 is 27.7 Å². The van der Waals surface area contributed by atoms with Crippen molar-refractivity contribution in [3.05, 3.63) is 78.8 Å². The van der Waals surface area contributed by atoms with Crippen molar-refractivity contribution in [1.29, 1.82) is 0 Å². The highest BCUT2D eigenvalue weighted by Gasteiger charge is 2.30. The fraction of sp³-hybridized carbons (Fsp3) is 0.179. The number of nitrogens with zero attached hydrogens (tertiary/aromatic N) is 4. The minimum atomic E-state index is -3.12. The van der Waals surface area contributed by atoms with Crippen LogP contribution in [0.2, 0.25) is 0 Å². The van der Waals surface area contributed by atoms with E-state index in [1.807, 2.05) is 0 Å². The zero-order valence-corrected chi connectivity index (χ0v) is 21.1. The van der Waals surface area contributed by atoms with Crippen molar-refractivity contribution in [3.63, 3.8) is 0 Å². The van der Waals surface area contributed by atoms with Crippen LogP contribution >= 0.6 is 0 Å². The van der Waals surface area contributed by atoms with Crippen LogP contribution in [0, 0.1) is 0 Å². The summed E-state index contributed by atoms with van der Waals surface area (Å²) in [5.74, 6) is -0.695. The lowest BCUT2D eigenvalue weighted by Crippen LogP contribution is -2.09. The van der Waals surface area contributed by atoms with Gasteiger partial charge in [-0.15, -0.1) is 0 Å². The molecule has 2 heterocycles. The third-order valence-corrected chi connectivity index (χ3v) is 5.92. The average molecular weight is 519 g/mol. The molecule has 194 valence electrons. The maximum Gasteiger partial charge on any atom is 0.288 e. The third kappa shape index (κ3) is 4.80. The number of benzene rings is 3. The Labute approximate surface area is 217 Å². The maximum absolute atomic E-state index is 14.3. The molecule has 5 rings (SSSR count). The molecule has 2 aromatic heterocycles. The minimum Gasteiger partial charge on any atom is -0.497 e. The molecule has 8 nitrogen and oxygen atoms in total. The van der Waals surface area contributed by atoms with Crippen molar-refractivity contribution in [2.45, 2.75) is 12.8 Å². The number of halogens is 2. The van der Waals surface area contributed by atoms with E-state index in [4.69, 9.17) is 18.9 Å². The van der Waals surface area contributed by atoms with Crippen LogP contribution in [0.15, 0.2) is 73.1 Å². The Kier molecular flexibility index (Phi) is 6.54. The molecule has 0 aliphatic rings. The van der Waals surface area contributed by atoms with Crippen LogP contribution in [0.1, 0.15) is 12.6 Å². The standard InChI is InChI=1S/C28H24F2N4O4/c1-28(29,30)26-15-23(34(33-26)18-8-10-19(35-2)11-9-18)17-6-5-7-20(12-17)38-27-21-13-24(36-3)25(37-4)14-22(21)31-16-32-27/h5-16H,1-4H3. The van der Waals surface area contributed by atoms with Gasteiger partial charge < -0.3 is 18.9 Å². The molecular weight excluding hydrogens is 494 g/mol. The lowest BCUT2D eigenvalue weighted by Gasteiger charge is -2.12. The van der Waals surface area contributed by atoms with Crippen molar-refractivity contribution in [2.24, 2.45) is 0 Å². The second-order valence-electron chi connectivity index (χ2n) is 8.45. The summed E-state index contributed by atoms with van der Waals surface area (Å²) >= 11 is 0. The Morgan fingerprint density at radius 1 is 0.789 bits per heavy atom. The topological polar surface area (TPSA) is 80.5 Å². The molecule has 0 saturated carbocycles. The third-order valence-electron chi connectivity index (χ3n) is 5.92. The van der Waals surface area contributed by atoms with Gasteiger partial charge in [-0.3, -0.25) is 0 Å². The first-order valence-corrected chi connectivity index (χ1v) is 11.6. The van der Waals surface area contributed by atoms with Gasteiger partial charge in [-0.1, -0.05) is 12.1 Å². The first-order valence-electron chi connectivity index (χ1n) is 11.6. The zero-order chi connectivity index (χ0) is 26.9. The van der Waals surface area contributed by atoms with Gasteiger partial charge in [0.1, 0.15) is 23.5 Å². The Morgan fingerprint density at radius 2 is 1.53 bits per heavy atom. The molecule has 10 heteroatoms. The normalized spacial score (nSPS) is 11.4. The zero-order valence-electron chi connectivity index (χ0n) is 21.1. The molecule has 0 aliphatic carbocycles. The van der Waals surface area contributed by atoms with Crippen molar-refractivity contribution in [3.8, 4) is 45.8 Å². The Hall–Kier alpha value is -4.73. The molecule has 0 fully saturated rings. The number of hydrogen-bond acceptors (Lipinski definition) is 7. The molecule has 0 unspecified atom stereocenters. The van der Waals surface area contributed by atoms with E-state index in [0.717, 1.165) is 6.92 Å². The summed E-state index contributed by atoms with van der Waals surface area (Å²) in [5.41, 5.74) is 1.95. The molecule has 0 amide bonds. The number of rotatable bonds is 8. The summed E-state index contributed by atoms with van der Waals surface area (Å²) in [7, 11) is 4.64. The number of methoxy groups -OCH3 is 3. The summed E-state index contributed by atoms with van der Waals surface area (Å²) in [4.78, 5) is 8.59. The highest BCUT2D eigenvalue weighted by atomic mass is 19.3. The quantitative estimate of drug-likeness (QED) is 0.235. The van der Waals surface area contributed by atoms with Crippen LogP contribution in [0.5, 0.6) is 28.9 Å². The fourth-order valence-corrected chi connectivity index (χ4v) is 3.99. The predicted molar refractivity (Wildman–Crippen MR) is 138 cm³/mol. The molecule has 0 aliphatic heterocycles. The molecule has 3 aromatic carbocycles. The summed E-state index contributed by atoms with van der Waals surface area (Å²) in [6.07, 6.45) is 1.39. The number of ether oxygens (including phenoxy) is 4. The molecule has 0 spiro atoms. The average Bonchev–Trinajstić information content (AvgIpc) is 3.39. The highest BCUT2D eigenvalue weighted by molar-refractivity contribution is 5.87. The Balaban J connectivity index is 1.56. The number of alkyl halides is 2. The van der Waals surface area contributed by atoms with Gasteiger partial charge in [-0.25, -0.2) is 14.6 Å². The van der Waals surface area contributed by atoms with E-state index >= 15 is 0 Å². The molecule has 0 atom stereocenters. The number of fused-ring (bicyclic) bond motifs is 1.